The Morgan fingerprint density at radius 2 is 1.90 bits per heavy atom. The second-order valence-electron chi connectivity index (χ2n) is 6.06. The number of ether oxygens (including phenoxy) is 1. The minimum Gasteiger partial charge on any atom is -0.379 e. The number of hydrogen-bond donors (Lipinski definition) is 0. The summed E-state index contributed by atoms with van der Waals surface area (Å²) in [6.07, 6.45) is 6.51. The Kier molecular flexibility index (Phi) is 4.53. The molecule has 0 aromatic carbocycles. The van der Waals surface area contributed by atoms with Crippen LogP contribution in [0.2, 0.25) is 0 Å². The Morgan fingerprint density at radius 3 is 2.60 bits per heavy atom. The maximum Gasteiger partial charge on any atom is 0.0594 e. The number of piperidine rings is 1. The smallest absolute Gasteiger partial charge is 0.0594 e. The van der Waals surface area contributed by atoms with Crippen LogP contribution in [0.5, 0.6) is 0 Å². The highest BCUT2D eigenvalue weighted by Crippen LogP contribution is 2.24. The molecule has 0 bridgehead atoms. The first-order chi connectivity index (χ1) is 9.81. The van der Waals surface area contributed by atoms with Gasteiger partial charge in [-0.05, 0) is 37.3 Å². The molecular formula is C16H25N3O. The molecule has 1 aromatic rings. The summed E-state index contributed by atoms with van der Waals surface area (Å²) in [5.41, 5.74) is 2.53. The zero-order valence-electron chi connectivity index (χ0n) is 12.4. The van der Waals surface area contributed by atoms with E-state index in [1.54, 1.807) is 0 Å². The molecule has 0 radical (unpaired) electrons. The van der Waals surface area contributed by atoms with Crippen LogP contribution in [0.1, 0.15) is 18.4 Å². The van der Waals surface area contributed by atoms with E-state index in [9.17, 15) is 0 Å². The molecule has 4 heteroatoms. The molecule has 0 atom stereocenters. The van der Waals surface area contributed by atoms with E-state index in [4.69, 9.17) is 4.74 Å². The summed E-state index contributed by atoms with van der Waals surface area (Å²) in [6, 6.07) is 2.25. The summed E-state index contributed by atoms with van der Waals surface area (Å²) in [5.74, 6) is 0.849. The Hall–Kier alpha value is -1.13. The van der Waals surface area contributed by atoms with Crippen LogP contribution in [0.4, 0.5) is 5.69 Å². The normalized spacial score (nSPS) is 22.1. The van der Waals surface area contributed by atoms with E-state index in [-0.39, 0.29) is 0 Å². The van der Waals surface area contributed by atoms with E-state index in [1.807, 2.05) is 12.4 Å². The predicted octanol–water partition coefficient (Wildman–Crippen LogP) is 1.94. The molecule has 3 rings (SSSR count). The number of pyridine rings is 1. The fourth-order valence-corrected chi connectivity index (χ4v) is 3.23. The van der Waals surface area contributed by atoms with E-state index in [0.717, 1.165) is 32.2 Å². The molecular weight excluding hydrogens is 250 g/mol. The molecule has 0 amide bonds. The van der Waals surface area contributed by atoms with E-state index < -0.39 is 0 Å². The molecule has 20 heavy (non-hydrogen) atoms. The van der Waals surface area contributed by atoms with Gasteiger partial charge >= 0.3 is 0 Å². The van der Waals surface area contributed by atoms with Crippen molar-refractivity contribution in [2.45, 2.75) is 19.8 Å². The van der Waals surface area contributed by atoms with Crippen molar-refractivity contribution in [1.29, 1.82) is 0 Å². The van der Waals surface area contributed by atoms with Crippen molar-refractivity contribution in [3.05, 3.63) is 24.0 Å². The molecule has 2 aliphatic rings. The van der Waals surface area contributed by atoms with Gasteiger partial charge < -0.3 is 9.64 Å². The first-order valence-electron chi connectivity index (χ1n) is 7.78. The predicted molar refractivity (Wildman–Crippen MR) is 81.2 cm³/mol. The van der Waals surface area contributed by atoms with E-state index in [2.05, 4.69) is 27.8 Å². The number of hydrogen-bond acceptors (Lipinski definition) is 4. The van der Waals surface area contributed by atoms with Gasteiger partial charge in [-0.3, -0.25) is 9.88 Å². The lowest BCUT2D eigenvalue weighted by Gasteiger charge is -2.37. The molecule has 2 aliphatic heterocycles. The topological polar surface area (TPSA) is 28.6 Å². The SMILES string of the molecule is Cc1cncc(N2CCC(CN3CCOCC3)CC2)c1. The van der Waals surface area contributed by atoms with Crippen LogP contribution in [0.15, 0.2) is 18.5 Å². The maximum atomic E-state index is 5.42. The van der Waals surface area contributed by atoms with Crippen molar-refractivity contribution in [2.24, 2.45) is 5.92 Å². The van der Waals surface area contributed by atoms with Crippen LogP contribution >= 0.6 is 0 Å². The molecule has 110 valence electrons. The van der Waals surface area contributed by atoms with Gasteiger partial charge in [-0.2, -0.15) is 0 Å². The number of morpholine rings is 1. The first kappa shape index (κ1) is 13.8. The van der Waals surface area contributed by atoms with Crippen molar-refractivity contribution < 1.29 is 4.74 Å². The van der Waals surface area contributed by atoms with Crippen molar-refractivity contribution in [2.75, 3.05) is 50.8 Å². The minimum absolute atomic E-state index is 0.849. The Balaban J connectivity index is 1.49. The third-order valence-corrected chi connectivity index (χ3v) is 4.46. The maximum absolute atomic E-state index is 5.42. The van der Waals surface area contributed by atoms with E-state index in [0.29, 0.717) is 0 Å². The quantitative estimate of drug-likeness (QED) is 0.843. The van der Waals surface area contributed by atoms with Gasteiger partial charge in [0.25, 0.3) is 0 Å². The second-order valence-corrected chi connectivity index (χ2v) is 6.06. The highest BCUT2D eigenvalue weighted by Gasteiger charge is 2.22. The van der Waals surface area contributed by atoms with E-state index >= 15 is 0 Å². The lowest BCUT2D eigenvalue weighted by Crippen LogP contribution is -2.42. The van der Waals surface area contributed by atoms with Gasteiger partial charge in [0.05, 0.1) is 25.1 Å². The first-order valence-corrected chi connectivity index (χ1v) is 7.78. The number of aromatic nitrogens is 1. The lowest BCUT2D eigenvalue weighted by atomic mass is 9.95. The van der Waals surface area contributed by atoms with Crippen molar-refractivity contribution in [3.8, 4) is 0 Å². The fraction of sp³-hybridized carbons (Fsp3) is 0.688. The largest absolute Gasteiger partial charge is 0.379 e. The van der Waals surface area contributed by atoms with Gasteiger partial charge in [-0.25, -0.2) is 0 Å². The van der Waals surface area contributed by atoms with Gasteiger partial charge in [0.1, 0.15) is 0 Å². The van der Waals surface area contributed by atoms with Gasteiger partial charge in [0.15, 0.2) is 0 Å². The molecule has 0 aliphatic carbocycles. The van der Waals surface area contributed by atoms with Crippen LogP contribution in [-0.2, 0) is 4.74 Å². The molecule has 2 saturated heterocycles. The number of nitrogens with zero attached hydrogens (tertiary/aromatic N) is 3. The van der Waals surface area contributed by atoms with Crippen LogP contribution < -0.4 is 4.90 Å². The summed E-state index contributed by atoms with van der Waals surface area (Å²) < 4.78 is 5.42. The number of aryl methyl sites for hydroxylation is 1. The third-order valence-electron chi connectivity index (χ3n) is 4.46. The minimum atomic E-state index is 0.849. The molecule has 0 unspecified atom stereocenters. The molecule has 0 saturated carbocycles. The molecule has 4 nitrogen and oxygen atoms in total. The molecule has 1 aromatic heterocycles. The second kappa shape index (κ2) is 6.55. The summed E-state index contributed by atoms with van der Waals surface area (Å²) in [5, 5.41) is 0. The molecule has 3 heterocycles. The highest BCUT2D eigenvalue weighted by atomic mass is 16.5. The average molecular weight is 275 g/mol. The van der Waals surface area contributed by atoms with Crippen molar-refractivity contribution in [3.63, 3.8) is 0 Å². The summed E-state index contributed by atoms with van der Waals surface area (Å²) in [4.78, 5) is 9.36. The van der Waals surface area contributed by atoms with Crippen LogP contribution in [0.25, 0.3) is 0 Å². The third kappa shape index (κ3) is 3.49. The van der Waals surface area contributed by atoms with Crippen LogP contribution in [-0.4, -0.2) is 55.8 Å². The number of rotatable bonds is 3. The molecule has 0 N–H and O–H groups in total. The van der Waals surface area contributed by atoms with Crippen molar-refractivity contribution in [1.82, 2.24) is 9.88 Å². The Bertz CT molecular complexity index is 423. The zero-order valence-corrected chi connectivity index (χ0v) is 12.4. The zero-order chi connectivity index (χ0) is 13.8. The Morgan fingerprint density at radius 1 is 1.15 bits per heavy atom. The van der Waals surface area contributed by atoms with Crippen LogP contribution in [0, 0.1) is 12.8 Å². The highest BCUT2D eigenvalue weighted by molar-refractivity contribution is 5.46. The summed E-state index contributed by atoms with van der Waals surface area (Å²) in [6.45, 7) is 9.75. The van der Waals surface area contributed by atoms with Gasteiger partial charge in [0.2, 0.25) is 0 Å². The number of anilines is 1. The Labute approximate surface area is 121 Å². The average Bonchev–Trinajstić information content (AvgIpc) is 2.49. The molecule has 2 fully saturated rings. The molecule has 0 spiro atoms. The standard InChI is InChI=1S/C16H25N3O/c1-14-10-16(12-17-11-14)19-4-2-15(3-5-19)13-18-6-8-20-9-7-18/h10-12,15H,2-9,13H2,1H3. The van der Waals surface area contributed by atoms with Crippen LogP contribution in [0.3, 0.4) is 0 Å². The summed E-state index contributed by atoms with van der Waals surface area (Å²) >= 11 is 0. The van der Waals surface area contributed by atoms with Crippen molar-refractivity contribution >= 4 is 5.69 Å². The van der Waals surface area contributed by atoms with Gasteiger partial charge in [0, 0.05) is 38.9 Å². The van der Waals surface area contributed by atoms with E-state index in [1.165, 1.54) is 43.7 Å². The summed E-state index contributed by atoms with van der Waals surface area (Å²) in [7, 11) is 0. The fourth-order valence-electron chi connectivity index (χ4n) is 3.23. The van der Waals surface area contributed by atoms with Gasteiger partial charge in [-0.1, -0.05) is 0 Å². The van der Waals surface area contributed by atoms with Gasteiger partial charge in [-0.15, -0.1) is 0 Å². The monoisotopic (exact) mass is 275 g/mol. The lowest BCUT2D eigenvalue weighted by molar-refractivity contribution is 0.0289.